The smallest absolute Gasteiger partial charge is 0.409 e. The predicted octanol–water partition coefficient (Wildman–Crippen LogP) is 6.62. The van der Waals surface area contributed by atoms with Gasteiger partial charge in [0.15, 0.2) is 0 Å². The Morgan fingerprint density at radius 1 is 0.814 bits per heavy atom. The van der Waals surface area contributed by atoms with E-state index in [1.165, 1.54) is 11.1 Å². The number of rotatable bonds is 11. The summed E-state index contributed by atoms with van der Waals surface area (Å²) < 4.78 is 32.4. The van der Waals surface area contributed by atoms with E-state index < -0.39 is 9.84 Å². The Balaban J connectivity index is 1.15. The maximum Gasteiger partial charge on any atom is 0.409 e. The van der Waals surface area contributed by atoms with E-state index in [-0.39, 0.29) is 28.0 Å². The lowest BCUT2D eigenvalue weighted by Crippen LogP contribution is -2.44. The minimum atomic E-state index is -3.66. The van der Waals surface area contributed by atoms with Crippen LogP contribution in [0.5, 0.6) is 0 Å². The first-order valence-corrected chi connectivity index (χ1v) is 16.3. The van der Waals surface area contributed by atoms with Gasteiger partial charge in [0.25, 0.3) is 0 Å². The zero-order valence-corrected chi connectivity index (χ0v) is 25.3. The summed E-state index contributed by atoms with van der Waals surface area (Å²) >= 11 is 0. The minimum absolute atomic E-state index is 0.0200. The van der Waals surface area contributed by atoms with Gasteiger partial charge in [-0.15, -0.1) is 0 Å². The highest BCUT2D eigenvalue weighted by Crippen LogP contribution is 2.29. The van der Waals surface area contributed by atoms with Gasteiger partial charge in [-0.05, 0) is 55.2 Å². The summed E-state index contributed by atoms with van der Waals surface area (Å²) in [4.78, 5) is 17.6. The van der Waals surface area contributed by atoms with Crippen molar-refractivity contribution < 1.29 is 17.9 Å². The van der Waals surface area contributed by atoms with E-state index in [1.54, 1.807) is 53.4 Å². The average Bonchev–Trinajstić information content (AvgIpc) is 3.05. The van der Waals surface area contributed by atoms with E-state index >= 15 is 0 Å². The highest BCUT2D eigenvalue weighted by atomic mass is 32.2. The van der Waals surface area contributed by atoms with Gasteiger partial charge in [0.2, 0.25) is 9.84 Å². The predicted molar refractivity (Wildman–Crippen MR) is 169 cm³/mol. The second-order valence-electron chi connectivity index (χ2n) is 11.0. The molecule has 1 saturated heterocycles. The number of carbonyl (C=O) groups excluding carboxylic acids is 1. The third-order valence-electron chi connectivity index (χ3n) is 7.87. The molecule has 1 fully saturated rings. The molecule has 8 heteroatoms. The van der Waals surface area contributed by atoms with E-state index in [9.17, 15) is 13.2 Å². The number of carbonyl (C=O) groups is 1. The zero-order valence-electron chi connectivity index (χ0n) is 24.5. The van der Waals surface area contributed by atoms with Crippen molar-refractivity contribution in [2.45, 2.75) is 54.7 Å². The van der Waals surface area contributed by atoms with Crippen molar-refractivity contribution >= 4 is 21.6 Å². The Hall–Kier alpha value is -4.14. The second-order valence-corrected chi connectivity index (χ2v) is 12.9. The van der Waals surface area contributed by atoms with E-state index in [4.69, 9.17) is 4.74 Å². The van der Waals surface area contributed by atoms with Crippen molar-refractivity contribution in [3.8, 4) is 0 Å². The standard InChI is InChI=1S/C35H39N3O4S/c1-28(38(25-29-13-5-2-6-14-29)26-30-15-7-3-8-16-30)27-42-35(39)37-23-21-31(22-24-37)36-33-19-11-12-20-34(33)43(40,41)32-17-9-4-10-18-32/h2-20,28,31,36H,21-27H2,1H3/t28-/m0/s1. The van der Waals surface area contributed by atoms with Gasteiger partial charge in [-0.1, -0.05) is 91.0 Å². The number of sulfone groups is 1. The minimum Gasteiger partial charge on any atom is -0.448 e. The van der Waals surface area contributed by atoms with Crippen molar-refractivity contribution in [3.63, 3.8) is 0 Å². The molecule has 1 heterocycles. The van der Waals surface area contributed by atoms with Gasteiger partial charge in [0.05, 0.1) is 15.5 Å². The van der Waals surface area contributed by atoms with Crippen LogP contribution in [0.3, 0.4) is 0 Å². The number of nitrogens with one attached hydrogen (secondary N) is 1. The average molecular weight is 598 g/mol. The SMILES string of the molecule is C[C@@H](COC(=O)N1CCC(Nc2ccccc2S(=O)(=O)c2ccccc2)CC1)N(Cc1ccccc1)Cc1ccccc1. The molecule has 4 aromatic carbocycles. The van der Waals surface area contributed by atoms with Gasteiger partial charge in [0, 0.05) is 38.3 Å². The first-order chi connectivity index (χ1) is 20.9. The first-order valence-electron chi connectivity index (χ1n) is 14.8. The molecule has 4 aromatic rings. The van der Waals surface area contributed by atoms with Crippen LogP contribution < -0.4 is 5.32 Å². The number of benzene rings is 4. The lowest BCUT2D eigenvalue weighted by molar-refractivity contribution is 0.0595. The van der Waals surface area contributed by atoms with Crippen molar-refractivity contribution in [1.29, 1.82) is 0 Å². The third-order valence-corrected chi connectivity index (χ3v) is 9.70. The molecule has 0 saturated carbocycles. The molecule has 0 unspecified atom stereocenters. The van der Waals surface area contributed by atoms with Gasteiger partial charge in [-0.25, -0.2) is 13.2 Å². The van der Waals surface area contributed by atoms with Crippen LogP contribution in [0.1, 0.15) is 30.9 Å². The van der Waals surface area contributed by atoms with Crippen LogP contribution in [0.25, 0.3) is 0 Å². The molecule has 0 bridgehead atoms. The molecule has 0 spiro atoms. The van der Waals surface area contributed by atoms with Crippen LogP contribution in [-0.2, 0) is 27.7 Å². The van der Waals surface area contributed by atoms with Crippen LogP contribution in [0.2, 0.25) is 0 Å². The number of hydrogen-bond acceptors (Lipinski definition) is 6. The lowest BCUT2D eigenvalue weighted by atomic mass is 10.1. The van der Waals surface area contributed by atoms with Gasteiger partial charge < -0.3 is 15.0 Å². The summed E-state index contributed by atoms with van der Waals surface area (Å²) in [5.74, 6) is 0. The molecule has 43 heavy (non-hydrogen) atoms. The maximum atomic E-state index is 13.3. The Morgan fingerprint density at radius 2 is 1.33 bits per heavy atom. The fraction of sp³-hybridized carbons (Fsp3) is 0.286. The Labute approximate surface area is 255 Å². The Morgan fingerprint density at radius 3 is 1.91 bits per heavy atom. The number of likely N-dealkylation sites (tertiary alicyclic amines) is 1. The summed E-state index contributed by atoms with van der Waals surface area (Å²) in [6.07, 6.45) is 1.08. The fourth-order valence-electron chi connectivity index (χ4n) is 5.37. The number of hydrogen-bond donors (Lipinski definition) is 1. The highest BCUT2D eigenvalue weighted by molar-refractivity contribution is 7.91. The summed E-state index contributed by atoms with van der Waals surface area (Å²) in [5, 5.41) is 3.43. The molecule has 0 radical (unpaired) electrons. The van der Waals surface area contributed by atoms with Gasteiger partial charge in [-0.2, -0.15) is 0 Å². The van der Waals surface area contributed by atoms with Crippen molar-refractivity contribution in [2.75, 3.05) is 25.0 Å². The molecule has 0 aromatic heterocycles. The van der Waals surface area contributed by atoms with Crippen LogP contribution in [0.4, 0.5) is 10.5 Å². The first kappa shape index (κ1) is 30.3. The van der Waals surface area contributed by atoms with Crippen LogP contribution >= 0.6 is 0 Å². The van der Waals surface area contributed by atoms with Gasteiger partial charge in [-0.3, -0.25) is 4.90 Å². The summed E-state index contributed by atoms with van der Waals surface area (Å²) in [6, 6.07) is 36.2. The molecule has 1 aliphatic rings. The van der Waals surface area contributed by atoms with Gasteiger partial charge >= 0.3 is 6.09 Å². The van der Waals surface area contributed by atoms with Crippen LogP contribution in [-0.4, -0.2) is 56.1 Å². The second kappa shape index (κ2) is 14.4. The molecule has 1 atom stereocenters. The van der Waals surface area contributed by atoms with Crippen molar-refractivity contribution in [1.82, 2.24) is 9.80 Å². The Bertz CT molecular complexity index is 1520. The number of para-hydroxylation sites is 1. The number of anilines is 1. The molecule has 1 N–H and O–H groups in total. The maximum absolute atomic E-state index is 13.3. The molecular formula is C35H39N3O4S. The topological polar surface area (TPSA) is 79.0 Å². The highest BCUT2D eigenvalue weighted by Gasteiger charge is 2.27. The van der Waals surface area contributed by atoms with Crippen LogP contribution in [0, 0.1) is 0 Å². The summed E-state index contributed by atoms with van der Waals surface area (Å²) in [7, 11) is -3.66. The third kappa shape index (κ3) is 8.03. The molecule has 224 valence electrons. The molecule has 5 rings (SSSR count). The van der Waals surface area contributed by atoms with E-state index in [1.807, 2.05) is 42.5 Å². The molecule has 1 amide bonds. The van der Waals surface area contributed by atoms with E-state index in [0.29, 0.717) is 38.2 Å². The number of ether oxygens (including phenoxy) is 1. The molecular weight excluding hydrogens is 558 g/mol. The Kier molecular flexibility index (Phi) is 10.1. The number of piperidine rings is 1. The van der Waals surface area contributed by atoms with Crippen molar-refractivity contribution in [2.24, 2.45) is 0 Å². The van der Waals surface area contributed by atoms with E-state index in [0.717, 1.165) is 13.1 Å². The number of amides is 1. The zero-order chi connectivity index (χ0) is 30.1. The summed E-state index contributed by atoms with van der Waals surface area (Å²) in [5.41, 5.74) is 3.01. The van der Waals surface area contributed by atoms with Crippen LogP contribution in [0.15, 0.2) is 125 Å². The van der Waals surface area contributed by atoms with Gasteiger partial charge in [0.1, 0.15) is 6.61 Å². The van der Waals surface area contributed by atoms with Crippen molar-refractivity contribution in [3.05, 3.63) is 126 Å². The molecule has 7 nitrogen and oxygen atoms in total. The molecule has 0 aliphatic carbocycles. The monoisotopic (exact) mass is 597 g/mol. The quantitative estimate of drug-likeness (QED) is 0.209. The largest absolute Gasteiger partial charge is 0.448 e. The summed E-state index contributed by atoms with van der Waals surface area (Å²) in [6.45, 7) is 4.98. The fourth-order valence-corrected chi connectivity index (χ4v) is 6.81. The number of nitrogens with zero attached hydrogens (tertiary/aromatic N) is 2. The lowest BCUT2D eigenvalue weighted by Gasteiger charge is -2.34. The molecule has 1 aliphatic heterocycles. The normalized spacial score (nSPS) is 14.8. The van der Waals surface area contributed by atoms with E-state index in [2.05, 4.69) is 41.4 Å².